The predicted molar refractivity (Wildman–Crippen MR) is 92.4 cm³/mol. The lowest BCUT2D eigenvalue weighted by Crippen LogP contribution is -2.23. The van der Waals surface area contributed by atoms with Crippen LogP contribution in [0.5, 0.6) is 0 Å². The first-order valence-corrected chi connectivity index (χ1v) is 8.46. The molecule has 0 aromatic heterocycles. The van der Waals surface area contributed by atoms with Crippen LogP contribution in [0.2, 0.25) is 0 Å². The van der Waals surface area contributed by atoms with Crippen molar-refractivity contribution in [3.05, 3.63) is 59.2 Å². The molecule has 2 aromatic rings. The van der Waals surface area contributed by atoms with E-state index in [2.05, 4.69) is 5.32 Å². The van der Waals surface area contributed by atoms with Crippen molar-refractivity contribution in [1.29, 1.82) is 0 Å². The van der Waals surface area contributed by atoms with Crippen molar-refractivity contribution < 1.29 is 35.9 Å². The fraction of sp³-hybridized carbons (Fsp3) is 0.263. The quantitative estimate of drug-likeness (QED) is 0.708. The minimum atomic E-state index is -5.05. The average Bonchev–Trinajstić information content (AvgIpc) is 3.06. The smallest absolute Gasteiger partial charge is 0.322 e. The first kappa shape index (κ1) is 20.7. The van der Waals surface area contributed by atoms with Crippen LogP contribution in [0.3, 0.4) is 0 Å². The van der Waals surface area contributed by atoms with E-state index in [4.69, 9.17) is 0 Å². The number of carbonyl (C=O) groups excluding carboxylic acids is 2. The number of amides is 2. The second kappa shape index (κ2) is 7.41. The molecule has 1 N–H and O–H groups in total. The summed E-state index contributed by atoms with van der Waals surface area (Å²) in [5.74, 6) is -1.24. The Morgan fingerprint density at radius 1 is 0.931 bits per heavy atom. The molecule has 29 heavy (non-hydrogen) atoms. The minimum Gasteiger partial charge on any atom is -0.322 e. The molecule has 0 saturated carbocycles. The van der Waals surface area contributed by atoms with Gasteiger partial charge in [-0.1, -0.05) is 6.07 Å². The molecule has 0 atom stereocenters. The van der Waals surface area contributed by atoms with E-state index < -0.39 is 35.0 Å². The van der Waals surface area contributed by atoms with Gasteiger partial charge in [-0.3, -0.25) is 9.59 Å². The Labute approximate surface area is 161 Å². The first-order chi connectivity index (χ1) is 13.4. The van der Waals surface area contributed by atoms with Gasteiger partial charge in [0.15, 0.2) is 0 Å². The third kappa shape index (κ3) is 4.69. The summed E-state index contributed by atoms with van der Waals surface area (Å²) in [6.45, 7) is 0.485. The van der Waals surface area contributed by atoms with Crippen LogP contribution in [0.1, 0.15) is 34.3 Å². The van der Waals surface area contributed by atoms with Crippen LogP contribution in [-0.2, 0) is 17.1 Å². The summed E-state index contributed by atoms with van der Waals surface area (Å²) < 4.78 is 77.7. The van der Waals surface area contributed by atoms with E-state index in [0.29, 0.717) is 37.2 Å². The standard InChI is InChI=1S/C19H14F6N2O2/c20-18(21,22)12-7-11(8-13(9-12)19(23,24)25)17(29)26-14-3-1-4-15(10-14)27-6-2-5-16(27)28/h1,3-4,7-10H,2,5-6H2,(H,26,29). The van der Waals surface area contributed by atoms with Gasteiger partial charge in [0.2, 0.25) is 5.91 Å². The molecule has 1 heterocycles. The number of carbonyl (C=O) groups is 2. The van der Waals surface area contributed by atoms with Crippen molar-refractivity contribution in [3.8, 4) is 0 Å². The number of halogens is 6. The van der Waals surface area contributed by atoms with E-state index in [9.17, 15) is 35.9 Å². The van der Waals surface area contributed by atoms with Gasteiger partial charge in [-0.25, -0.2) is 0 Å². The zero-order valence-corrected chi connectivity index (χ0v) is 14.7. The molecule has 1 aliphatic rings. The highest BCUT2D eigenvalue weighted by molar-refractivity contribution is 6.05. The van der Waals surface area contributed by atoms with Gasteiger partial charge in [0, 0.05) is 29.9 Å². The third-order valence-corrected chi connectivity index (χ3v) is 4.34. The Hall–Kier alpha value is -3.04. The number of nitrogens with one attached hydrogen (secondary N) is 1. The van der Waals surface area contributed by atoms with Gasteiger partial charge in [0.1, 0.15) is 0 Å². The number of hydrogen-bond donors (Lipinski definition) is 1. The highest BCUT2D eigenvalue weighted by Crippen LogP contribution is 2.36. The van der Waals surface area contributed by atoms with Crippen molar-refractivity contribution >= 4 is 23.2 Å². The molecule has 1 saturated heterocycles. The molecule has 10 heteroatoms. The molecule has 1 aliphatic heterocycles. The van der Waals surface area contributed by atoms with Gasteiger partial charge in [-0.15, -0.1) is 0 Å². The van der Waals surface area contributed by atoms with Crippen LogP contribution < -0.4 is 10.2 Å². The maximum atomic E-state index is 13.0. The number of benzene rings is 2. The molecule has 0 aliphatic carbocycles. The number of nitrogens with zero attached hydrogens (tertiary/aromatic N) is 1. The highest BCUT2D eigenvalue weighted by Gasteiger charge is 2.37. The lowest BCUT2D eigenvalue weighted by atomic mass is 10.0. The van der Waals surface area contributed by atoms with Crippen LogP contribution in [-0.4, -0.2) is 18.4 Å². The van der Waals surface area contributed by atoms with Crippen molar-refractivity contribution in [1.82, 2.24) is 0 Å². The van der Waals surface area contributed by atoms with Crippen LogP contribution in [0.4, 0.5) is 37.7 Å². The van der Waals surface area contributed by atoms with Gasteiger partial charge >= 0.3 is 12.4 Å². The van der Waals surface area contributed by atoms with Crippen molar-refractivity contribution in [2.45, 2.75) is 25.2 Å². The molecule has 2 amide bonds. The second-order valence-electron chi connectivity index (χ2n) is 6.45. The average molecular weight is 416 g/mol. The molecule has 1 fully saturated rings. The number of alkyl halides is 6. The normalized spacial score (nSPS) is 15.0. The van der Waals surface area contributed by atoms with E-state index in [0.717, 1.165) is 0 Å². The molecule has 0 radical (unpaired) electrons. The highest BCUT2D eigenvalue weighted by atomic mass is 19.4. The maximum absolute atomic E-state index is 13.0. The summed E-state index contributed by atoms with van der Waals surface area (Å²) in [5, 5.41) is 2.28. The summed E-state index contributed by atoms with van der Waals surface area (Å²) in [6, 6.07) is 6.65. The Kier molecular flexibility index (Phi) is 5.29. The van der Waals surface area contributed by atoms with Crippen molar-refractivity contribution in [3.63, 3.8) is 0 Å². The van der Waals surface area contributed by atoms with E-state index in [-0.39, 0.29) is 17.7 Å². The molecule has 0 bridgehead atoms. The zero-order valence-electron chi connectivity index (χ0n) is 14.7. The first-order valence-electron chi connectivity index (χ1n) is 8.46. The summed E-state index contributed by atoms with van der Waals surface area (Å²) in [6.07, 6.45) is -9.06. The minimum absolute atomic E-state index is 0.0453. The molecule has 154 valence electrons. The van der Waals surface area contributed by atoms with Gasteiger partial charge in [-0.05, 0) is 42.8 Å². The van der Waals surface area contributed by atoms with Crippen LogP contribution >= 0.6 is 0 Å². The van der Waals surface area contributed by atoms with E-state index in [1.165, 1.54) is 23.1 Å². The van der Waals surface area contributed by atoms with Gasteiger partial charge in [-0.2, -0.15) is 26.3 Å². The number of hydrogen-bond acceptors (Lipinski definition) is 2. The summed E-state index contributed by atoms with van der Waals surface area (Å²) in [7, 11) is 0. The number of rotatable bonds is 3. The molecular weight excluding hydrogens is 402 g/mol. The Morgan fingerprint density at radius 2 is 1.55 bits per heavy atom. The lowest BCUT2D eigenvalue weighted by Gasteiger charge is -2.17. The Balaban J connectivity index is 1.90. The molecular formula is C19H14F6N2O2. The molecule has 3 rings (SSSR count). The van der Waals surface area contributed by atoms with Crippen molar-refractivity contribution in [2.75, 3.05) is 16.8 Å². The van der Waals surface area contributed by atoms with Crippen LogP contribution in [0.25, 0.3) is 0 Å². The SMILES string of the molecule is O=C(Nc1cccc(N2CCCC2=O)c1)c1cc(C(F)(F)F)cc(C(F)(F)F)c1. The predicted octanol–water partition coefficient (Wildman–Crippen LogP) is 5.10. The van der Waals surface area contributed by atoms with Crippen LogP contribution in [0.15, 0.2) is 42.5 Å². The number of anilines is 2. The fourth-order valence-corrected chi connectivity index (χ4v) is 2.96. The zero-order chi connectivity index (χ0) is 21.4. The largest absolute Gasteiger partial charge is 0.416 e. The molecule has 2 aromatic carbocycles. The van der Waals surface area contributed by atoms with E-state index in [1.54, 1.807) is 6.07 Å². The van der Waals surface area contributed by atoms with Gasteiger partial charge in [0.25, 0.3) is 5.91 Å². The van der Waals surface area contributed by atoms with E-state index in [1.807, 2.05) is 0 Å². The summed E-state index contributed by atoms with van der Waals surface area (Å²) in [4.78, 5) is 25.6. The van der Waals surface area contributed by atoms with Crippen LogP contribution in [0, 0.1) is 0 Å². The van der Waals surface area contributed by atoms with Gasteiger partial charge < -0.3 is 10.2 Å². The van der Waals surface area contributed by atoms with Crippen molar-refractivity contribution in [2.24, 2.45) is 0 Å². The molecule has 4 nitrogen and oxygen atoms in total. The monoisotopic (exact) mass is 416 g/mol. The molecule has 0 spiro atoms. The lowest BCUT2D eigenvalue weighted by molar-refractivity contribution is -0.143. The summed E-state index contributed by atoms with van der Waals surface area (Å²) in [5.41, 5.74) is -3.32. The topological polar surface area (TPSA) is 49.4 Å². The fourth-order valence-electron chi connectivity index (χ4n) is 2.96. The summed E-state index contributed by atoms with van der Waals surface area (Å²) >= 11 is 0. The maximum Gasteiger partial charge on any atom is 0.416 e. The molecule has 0 unspecified atom stereocenters. The second-order valence-corrected chi connectivity index (χ2v) is 6.45. The Morgan fingerprint density at radius 3 is 2.07 bits per heavy atom. The Bertz CT molecular complexity index is 920. The van der Waals surface area contributed by atoms with E-state index >= 15 is 0 Å². The third-order valence-electron chi connectivity index (χ3n) is 4.34. The van der Waals surface area contributed by atoms with Gasteiger partial charge in [0.05, 0.1) is 11.1 Å².